The first-order valence-corrected chi connectivity index (χ1v) is 3.97. The highest BCUT2D eigenvalue weighted by Gasteiger charge is 2.07. The van der Waals surface area contributed by atoms with Crippen LogP contribution in [0.25, 0.3) is 0 Å². The molecule has 1 amide bonds. The number of ether oxygens (including phenoxy) is 1. The molecule has 0 aliphatic carbocycles. The molecule has 0 saturated heterocycles. The molecule has 0 atom stereocenters. The van der Waals surface area contributed by atoms with Gasteiger partial charge in [0.15, 0.2) is 0 Å². The number of nitrogens with one attached hydrogen (secondary N) is 1. The minimum atomic E-state index is -0.511. The van der Waals surface area contributed by atoms with Gasteiger partial charge in [0.1, 0.15) is 6.42 Å². The second kappa shape index (κ2) is 7.13. The van der Waals surface area contributed by atoms with Gasteiger partial charge >= 0.3 is 5.97 Å². The van der Waals surface area contributed by atoms with E-state index < -0.39 is 5.97 Å². The number of hydrogen-bond donors (Lipinski definition) is 1. The second-order valence-corrected chi connectivity index (χ2v) is 2.19. The monoisotopic (exact) mass is 183 g/mol. The van der Waals surface area contributed by atoms with Crippen molar-refractivity contribution in [2.45, 2.75) is 13.3 Å². The molecule has 13 heavy (non-hydrogen) atoms. The highest BCUT2D eigenvalue weighted by molar-refractivity contribution is 5.94. The Morgan fingerprint density at radius 2 is 2.31 bits per heavy atom. The summed E-state index contributed by atoms with van der Waals surface area (Å²) in [7, 11) is 0. The molecule has 0 saturated carbocycles. The van der Waals surface area contributed by atoms with E-state index in [9.17, 15) is 9.59 Å². The molecule has 4 heteroatoms. The van der Waals surface area contributed by atoms with Crippen LogP contribution in [0.1, 0.15) is 13.3 Å². The summed E-state index contributed by atoms with van der Waals surface area (Å²) in [5.41, 5.74) is 2.50. The van der Waals surface area contributed by atoms with Crippen molar-refractivity contribution >= 4 is 11.9 Å². The minimum absolute atomic E-state index is 0.237. The third kappa shape index (κ3) is 6.84. The van der Waals surface area contributed by atoms with Crippen LogP contribution in [0.3, 0.4) is 0 Å². The van der Waals surface area contributed by atoms with E-state index in [1.165, 1.54) is 0 Å². The van der Waals surface area contributed by atoms with Crippen molar-refractivity contribution in [1.82, 2.24) is 5.32 Å². The fraction of sp³-hybridized carbons (Fsp3) is 0.444. The second-order valence-electron chi connectivity index (χ2n) is 2.19. The van der Waals surface area contributed by atoms with E-state index in [4.69, 9.17) is 0 Å². The van der Waals surface area contributed by atoms with Crippen LogP contribution in [0.4, 0.5) is 0 Å². The molecule has 0 rings (SSSR count). The molecule has 0 aliphatic rings. The lowest BCUT2D eigenvalue weighted by Crippen LogP contribution is -2.26. The first-order chi connectivity index (χ1) is 6.20. The Balaban J connectivity index is 3.61. The third-order valence-electron chi connectivity index (χ3n) is 1.16. The molecule has 0 aliphatic heterocycles. The number of carbonyl (C=O) groups is 2. The summed E-state index contributed by atoms with van der Waals surface area (Å²) in [6, 6.07) is 0. The fourth-order valence-electron chi connectivity index (χ4n) is 0.643. The van der Waals surface area contributed by atoms with E-state index in [0.29, 0.717) is 13.2 Å². The van der Waals surface area contributed by atoms with Crippen LogP contribution in [0.5, 0.6) is 0 Å². The Morgan fingerprint density at radius 1 is 1.62 bits per heavy atom. The Kier molecular flexibility index (Phi) is 6.28. The van der Waals surface area contributed by atoms with E-state index in [0.717, 1.165) is 0 Å². The van der Waals surface area contributed by atoms with Crippen molar-refractivity contribution in [3.05, 3.63) is 18.4 Å². The van der Waals surface area contributed by atoms with E-state index in [1.54, 1.807) is 13.0 Å². The highest BCUT2D eigenvalue weighted by atomic mass is 16.5. The zero-order chi connectivity index (χ0) is 10.1. The SMILES string of the molecule is C=C=CCNC(=O)CC(=O)OCC. The number of esters is 1. The molecule has 0 radical (unpaired) electrons. The molecule has 1 N–H and O–H groups in total. The standard InChI is InChI=1S/C9H13NO3/c1-3-5-6-10-8(11)7-9(12)13-4-2/h5H,1,4,6-7H2,2H3,(H,10,11). The maximum absolute atomic E-state index is 10.9. The highest BCUT2D eigenvalue weighted by Crippen LogP contribution is 1.85. The average Bonchev–Trinajstić information content (AvgIpc) is 2.05. The molecular weight excluding hydrogens is 170 g/mol. The molecule has 4 nitrogen and oxygen atoms in total. The zero-order valence-corrected chi connectivity index (χ0v) is 7.63. The van der Waals surface area contributed by atoms with Crippen molar-refractivity contribution < 1.29 is 14.3 Å². The van der Waals surface area contributed by atoms with Crippen molar-refractivity contribution in [1.29, 1.82) is 0 Å². The number of rotatable bonds is 5. The van der Waals surface area contributed by atoms with Crippen molar-refractivity contribution in [2.24, 2.45) is 0 Å². The van der Waals surface area contributed by atoms with E-state index >= 15 is 0 Å². The first kappa shape index (κ1) is 11.5. The molecule has 0 heterocycles. The van der Waals surface area contributed by atoms with E-state index in [-0.39, 0.29) is 12.3 Å². The topological polar surface area (TPSA) is 55.4 Å². The Hall–Kier alpha value is -1.54. The van der Waals surface area contributed by atoms with Gasteiger partial charge in [0.05, 0.1) is 6.61 Å². The molecular formula is C9H13NO3. The van der Waals surface area contributed by atoms with Crippen LogP contribution in [-0.2, 0) is 14.3 Å². The molecule has 72 valence electrons. The number of amides is 1. The van der Waals surface area contributed by atoms with Crippen LogP contribution < -0.4 is 5.32 Å². The molecule has 0 aromatic rings. The zero-order valence-electron chi connectivity index (χ0n) is 7.63. The lowest BCUT2D eigenvalue weighted by Gasteiger charge is -2.01. The predicted molar refractivity (Wildman–Crippen MR) is 48.0 cm³/mol. The van der Waals surface area contributed by atoms with Crippen molar-refractivity contribution in [3.8, 4) is 0 Å². The summed E-state index contributed by atoms with van der Waals surface area (Å²) in [6.07, 6.45) is 1.32. The lowest BCUT2D eigenvalue weighted by atomic mass is 10.4. The quantitative estimate of drug-likeness (QED) is 0.381. The lowest BCUT2D eigenvalue weighted by molar-refractivity contribution is -0.145. The Morgan fingerprint density at radius 3 is 2.85 bits per heavy atom. The van der Waals surface area contributed by atoms with Gasteiger partial charge in [-0.3, -0.25) is 9.59 Å². The largest absolute Gasteiger partial charge is 0.466 e. The van der Waals surface area contributed by atoms with E-state index in [2.05, 4.69) is 22.4 Å². The van der Waals surface area contributed by atoms with Crippen LogP contribution >= 0.6 is 0 Å². The minimum Gasteiger partial charge on any atom is -0.466 e. The van der Waals surface area contributed by atoms with Gasteiger partial charge in [-0.2, -0.15) is 0 Å². The van der Waals surface area contributed by atoms with Crippen molar-refractivity contribution in [2.75, 3.05) is 13.2 Å². The first-order valence-electron chi connectivity index (χ1n) is 3.97. The molecule has 0 bridgehead atoms. The maximum Gasteiger partial charge on any atom is 0.315 e. The van der Waals surface area contributed by atoms with Crippen molar-refractivity contribution in [3.63, 3.8) is 0 Å². The van der Waals surface area contributed by atoms with Gasteiger partial charge in [0.25, 0.3) is 0 Å². The summed E-state index contributed by atoms with van der Waals surface area (Å²) in [4.78, 5) is 21.7. The Bertz CT molecular complexity index is 229. The smallest absolute Gasteiger partial charge is 0.315 e. The number of hydrogen-bond acceptors (Lipinski definition) is 3. The van der Waals surface area contributed by atoms with Gasteiger partial charge in [-0.15, -0.1) is 5.73 Å². The predicted octanol–water partition coefficient (Wildman–Crippen LogP) is 0.397. The van der Waals surface area contributed by atoms with Crippen LogP contribution in [0.2, 0.25) is 0 Å². The number of carbonyl (C=O) groups excluding carboxylic acids is 2. The van der Waals surface area contributed by atoms with Gasteiger partial charge in [0.2, 0.25) is 5.91 Å². The Labute approximate surface area is 77.3 Å². The van der Waals surface area contributed by atoms with Crippen LogP contribution in [0.15, 0.2) is 18.4 Å². The summed E-state index contributed by atoms with van der Waals surface area (Å²) < 4.78 is 4.58. The fourth-order valence-corrected chi connectivity index (χ4v) is 0.643. The molecule has 0 unspecified atom stereocenters. The van der Waals surface area contributed by atoms with Gasteiger partial charge < -0.3 is 10.1 Å². The summed E-state index contributed by atoms with van der Waals surface area (Å²) in [5.74, 6) is -0.868. The summed E-state index contributed by atoms with van der Waals surface area (Å²) >= 11 is 0. The van der Waals surface area contributed by atoms with Gasteiger partial charge in [-0.1, -0.05) is 6.58 Å². The van der Waals surface area contributed by atoms with Crippen LogP contribution in [0, 0.1) is 0 Å². The van der Waals surface area contributed by atoms with E-state index in [1.807, 2.05) is 0 Å². The molecule has 0 spiro atoms. The summed E-state index contributed by atoms with van der Waals surface area (Å²) in [6.45, 7) is 5.64. The van der Waals surface area contributed by atoms with Crippen LogP contribution in [-0.4, -0.2) is 25.0 Å². The van der Waals surface area contributed by atoms with Gasteiger partial charge in [-0.05, 0) is 13.0 Å². The molecule has 0 aromatic carbocycles. The third-order valence-corrected chi connectivity index (χ3v) is 1.16. The molecule has 0 aromatic heterocycles. The normalized spacial score (nSPS) is 8.38. The van der Waals surface area contributed by atoms with Gasteiger partial charge in [0, 0.05) is 6.54 Å². The van der Waals surface area contributed by atoms with Gasteiger partial charge in [-0.25, -0.2) is 0 Å². The molecule has 0 fully saturated rings. The average molecular weight is 183 g/mol. The summed E-state index contributed by atoms with van der Waals surface area (Å²) in [5, 5.41) is 2.48. The maximum atomic E-state index is 10.9.